The van der Waals surface area contributed by atoms with Gasteiger partial charge < -0.3 is 10.2 Å². The SMILES string of the molecule is CCCNCc1ccc(CN(C)CC2CCC2)nc1. The third-order valence-electron chi connectivity index (χ3n) is 3.87. The van der Waals surface area contributed by atoms with E-state index in [0.717, 1.165) is 25.6 Å². The predicted octanol–water partition coefficient (Wildman–Crippen LogP) is 2.81. The second-order valence-electron chi connectivity index (χ2n) is 5.83. The molecule has 3 nitrogen and oxygen atoms in total. The van der Waals surface area contributed by atoms with Crippen molar-refractivity contribution in [2.75, 3.05) is 20.1 Å². The van der Waals surface area contributed by atoms with E-state index in [2.05, 4.69) is 41.3 Å². The smallest absolute Gasteiger partial charge is 0.0544 e. The van der Waals surface area contributed by atoms with Gasteiger partial charge in [0.2, 0.25) is 0 Å². The Labute approximate surface area is 117 Å². The summed E-state index contributed by atoms with van der Waals surface area (Å²) in [5.41, 5.74) is 2.46. The van der Waals surface area contributed by atoms with Crippen molar-refractivity contribution in [2.24, 2.45) is 5.92 Å². The molecule has 0 aromatic carbocycles. The molecular formula is C16H27N3. The minimum atomic E-state index is 0.930. The Hall–Kier alpha value is -0.930. The van der Waals surface area contributed by atoms with Gasteiger partial charge in [0.1, 0.15) is 0 Å². The van der Waals surface area contributed by atoms with E-state index in [9.17, 15) is 0 Å². The van der Waals surface area contributed by atoms with Crippen molar-refractivity contribution in [1.82, 2.24) is 15.2 Å². The Morgan fingerprint density at radius 2 is 2.21 bits per heavy atom. The molecule has 1 heterocycles. The molecule has 0 radical (unpaired) electrons. The third kappa shape index (κ3) is 4.92. The van der Waals surface area contributed by atoms with Gasteiger partial charge in [-0.05, 0) is 50.4 Å². The van der Waals surface area contributed by atoms with Crippen molar-refractivity contribution in [3.05, 3.63) is 29.6 Å². The maximum atomic E-state index is 4.57. The monoisotopic (exact) mass is 261 g/mol. The van der Waals surface area contributed by atoms with Gasteiger partial charge in [0.05, 0.1) is 5.69 Å². The summed E-state index contributed by atoms with van der Waals surface area (Å²) in [4.78, 5) is 6.97. The summed E-state index contributed by atoms with van der Waals surface area (Å²) in [5, 5.41) is 3.40. The van der Waals surface area contributed by atoms with Gasteiger partial charge in [0.25, 0.3) is 0 Å². The molecule has 0 atom stereocenters. The summed E-state index contributed by atoms with van der Waals surface area (Å²) in [6.45, 7) is 6.39. The fraction of sp³-hybridized carbons (Fsp3) is 0.688. The maximum absolute atomic E-state index is 4.57. The zero-order chi connectivity index (χ0) is 13.5. The average Bonchev–Trinajstić information content (AvgIpc) is 2.36. The molecule has 1 aromatic rings. The second-order valence-corrected chi connectivity index (χ2v) is 5.83. The summed E-state index contributed by atoms with van der Waals surface area (Å²) in [6, 6.07) is 4.36. The first kappa shape index (κ1) is 14.5. The highest BCUT2D eigenvalue weighted by Crippen LogP contribution is 2.26. The van der Waals surface area contributed by atoms with E-state index in [1.54, 1.807) is 0 Å². The number of aromatic nitrogens is 1. The normalized spacial score (nSPS) is 15.7. The van der Waals surface area contributed by atoms with E-state index in [-0.39, 0.29) is 0 Å². The molecule has 3 heteroatoms. The summed E-state index contributed by atoms with van der Waals surface area (Å²) >= 11 is 0. The van der Waals surface area contributed by atoms with Crippen LogP contribution in [0.5, 0.6) is 0 Å². The van der Waals surface area contributed by atoms with Crippen LogP contribution in [0.4, 0.5) is 0 Å². The van der Waals surface area contributed by atoms with E-state index in [1.165, 1.54) is 43.5 Å². The summed E-state index contributed by atoms with van der Waals surface area (Å²) in [7, 11) is 2.21. The molecule has 1 aliphatic rings. The molecule has 19 heavy (non-hydrogen) atoms. The predicted molar refractivity (Wildman–Crippen MR) is 79.9 cm³/mol. The Balaban J connectivity index is 1.73. The molecule has 1 N–H and O–H groups in total. The lowest BCUT2D eigenvalue weighted by Gasteiger charge is -2.29. The summed E-state index contributed by atoms with van der Waals surface area (Å²) < 4.78 is 0. The Morgan fingerprint density at radius 3 is 2.79 bits per heavy atom. The summed E-state index contributed by atoms with van der Waals surface area (Å²) in [5.74, 6) is 0.933. The van der Waals surface area contributed by atoms with Crippen molar-refractivity contribution < 1.29 is 0 Å². The first-order valence-corrected chi connectivity index (χ1v) is 7.61. The number of hydrogen-bond donors (Lipinski definition) is 1. The fourth-order valence-corrected chi connectivity index (χ4v) is 2.52. The third-order valence-corrected chi connectivity index (χ3v) is 3.87. The maximum Gasteiger partial charge on any atom is 0.0544 e. The molecule has 1 fully saturated rings. The van der Waals surface area contributed by atoms with Crippen LogP contribution >= 0.6 is 0 Å². The van der Waals surface area contributed by atoms with Crippen LogP contribution in [-0.2, 0) is 13.1 Å². The van der Waals surface area contributed by atoms with Gasteiger partial charge in [-0.3, -0.25) is 4.98 Å². The first-order valence-electron chi connectivity index (χ1n) is 7.61. The topological polar surface area (TPSA) is 28.2 Å². The van der Waals surface area contributed by atoms with Crippen molar-refractivity contribution in [3.63, 3.8) is 0 Å². The van der Waals surface area contributed by atoms with Crippen LogP contribution in [0.1, 0.15) is 43.9 Å². The van der Waals surface area contributed by atoms with Crippen LogP contribution in [-0.4, -0.2) is 30.0 Å². The minimum Gasteiger partial charge on any atom is -0.313 e. The lowest BCUT2D eigenvalue weighted by Crippen LogP contribution is -2.29. The van der Waals surface area contributed by atoms with Crippen LogP contribution in [0.2, 0.25) is 0 Å². The first-order chi connectivity index (χ1) is 9.28. The zero-order valence-corrected chi connectivity index (χ0v) is 12.4. The van der Waals surface area contributed by atoms with Gasteiger partial charge in [0, 0.05) is 25.8 Å². The van der Waals surface area contributed by atoms with E-state index in [0.29, 0.717) is 0 Å². The van der Waals surface area contributed by atoms with Crippen molar-refractivity contribution in [2.45, 2.75) is 45.7 Å². The molecule has 0 saturated heterocycles. The van der Waals surface area contributed by atoms with E-state index in [1.807, 2.05) is 6.20 Å². The van der Waals surface area contributed by atoms with Gasteiger partial charge in [-0.2, -0.15) is 0 Å². The largest absolute Gasteiger partial charge is 0.313 e. The molecule has 0 bridgehead atoms. The molecule has 0 unspecified atom stereocenters. The summed E-state index contributed by atoms with van der Waals surface area (Å²) in [6.07, 6.45) is 7.45. The Bertz CT molecular complexity index is 357. The van der Waals surface area contributed by atoms with E-state index in [4.69, 9.17) is 0 Å². The molecule has 0 amide bonds. The molecule has 1 aromatic heterocycles. The molecule has 106 valence electrons. The van der Waals surface area contributed by atoms with E-state index < -0.39 is 0 Å². The molecule has 1 aliphatic carbocycles. The van der Waals surface area contributed by atoms with Crippen molar-refractivity contribution >= 4 is 0 Å². The highest BCUT2D eigenvalue weighted by atomic mass is 15.1. The molecular weight excluding hydrogens is 234 g/mol. The number of nitrogens with zero attached hydrogens (tertiary/aromatic N) is 2. The molecule has 0 spiro atoms. The molecule has 1 saturated carbocycles. The number of hydrogen-bond acceptors (Lipinski definition) is 3. The number of nitrogens with one attached hydrogen (secondary N) is 1. The van der Waals surface area contributed by atoms with Crippen LogP contribution in [0.25, 0.3) is 0 Å². The minimum absolute atomic E-state index is 0.930. The standard InChI is InChI=1S/C16H27N3/c1-3-9-17-10-15-7-8-16(18-11-15)13-19(2)12-14-5-4-6-14/h7-8,11,14,17H,3-6,9-10,12-13H2,1-2H3. The van der Waals surface area contributed by atoms with Gasteiger partial charge >= 0.3 is 0 Å². The Kier molecular flexibility index (Phi) is 5.80. The average molecular weight is 261 g/mol. The lowest BCUT2D eigenvalue weighted by molar-refractivity contribution is 0.199. The lowest BCUT2D eigenvalue weighted by atomic mass is 9.85. The van der Waals surface area contributed by atoms with Crippen molar-refractivity contribution in [3.8, 4) is 0 Å². The van der Waals surface area contributed by atoms with Gasteiger partial charge in [-0.25, -0.2) is 0 Å². The van der Waals surface area contributed by atoms with E-state index >= 15 is 0 Å². The second kappa shape index (κ2) is 7.61. The molecule has 2 rings (SSSR count). The van der Waals surface area contributed by atoms with Crippen LogP contribution in [0.3, 0.4) is 0 Å². The van der Waals surface area contributed by atoms with Gasteiger partial charge in [-0.15, -0.1) is 0 Å². The van der Waals surface area contributed by atoms with Gasteiger partial charge in [-0.1, -0.05) is 19.4 Å². The zero-order valence-electron chi connectivity index (χ0n) is 12.4. The van der Waals surface area contributed by atoms with Crippen LogP contribution in [0, 0.1) is 5.92 Å². The van der Waals surface area contributed by atoms with Gasteiger partial charge in [0.15, 0.2) is 0 Å². The van der Waals surface area contributed by atoms with Crippen LogP contribution < -0.4 is 5.32 Å². The number of pyridine rings is 1. The Morgan fingerprint density at radius 1 is 1.37 bits per heavy atom. The highest BCUT2D eigenvalue weighted by Gasteiger charge is 2.18. The van der Waals surface area contributed by atoms with Crippen molar-refractivity contribution in [1.29, 1.82) is 0 Å². The number of rotatable bonds is 8. The van der Waals surface area contributed by atoms with Crippen LogP contribution in [0.15, 0.2) is 18.3 Å². The highest BCUT2D eigenvalue weighted by molar-refractivity contribution is 5.13. The molecule has 0 aliphatic heterocycles. The quantitative estimate of drug-likeness (QED) is 0.729. The fourth-order valence-electron chi connectivity index (χ4n) is 2.52.